The average molecular weight is 231 g/mol. The van der Waals surface area contributed by atoms with Crippen molar-refractivity contribution >= 4 is 22.9 Å². The average Bonchev–Trinajstić information content (AvgIpc) is 2.63. The topological polar surface area (TPSA) is 29.3 Å². The van der Waals surface area contributed by atoms with E-state index >= 15 is 0 Å². The molecule has 2 atom stereocenters. The van der Waals surface area contributed by atoms with Crippen molar-refractivity contribution in [3.63, 3.8) is 0 Å². The molecule has 0 aromatic carbocycles. The Morgan fingerprint density at radius 3 is 2.93 bits per heavy atom. The van der Waals surface area contributed by atoms with Gasteiger partial charge >= 0.3 is 0 Å². The molecule has 1 aromatic rings. The van der Waals surface area contributed by atoms with Crippen molar-refractivity contribution in [2.45, 2.75) is 19.5 Å². The Bertz CT molecular complexity index is 303. The summed E-state index contributed by atoms with van der Waals surface area (Å²) in [6.45, 7) is 5.25. The second kappa shape index (κ2) is 4.19. The van der Waals surface area contributed by atoms with Gasteiger partial charge in [0.1, 0.15) is 0 Å². The van der Waals surface area contributed by atoms with Crippen molar-refractivity contribution in [2.75, 3.05) is 13.1 Å². The normalized spacial score (nSPS) is 28.5. The third-order valence-corrected chi connectivity index (χ3v) is 4.18. The Morgan fingerprint density at radius 2 is 2.43 bits per heavy atom. The zero-order valence-corrected chi connectivity index (χ0v) is 9.81. The molecule has 78 valence electrons. The molecule has 2 nitrogen and oxygen atoms in total. The van der Waals surface area contributed by atoms with Crippen molar-refractivity contribution < 1.29 is 0 Å². The molecule has 2 heterocycles. The van der Waals surface area contributed by atoms with E-state index in [2.05, 4.69) is 11.8 Å². The Kier molecular flexibility index (Phi) is 3.12. The maximum atomic E-state index is 6.04. The van der Waals surface area contributed by atoms with Crippen molar-refractivity contribution in [1.82, 2.24) is 4.90 Å². The van der Waals surface area contributed by atoms with Gasteiger partial charge in [-0.05, 0) is 17.4 Å². The van der Waals surface area contributed by atoms with Gasteiger partial charge in [0.05, 0.1) is 5.02 Å². The Balaban J connectivity index is 1.97. The summed E-state index contributed by atoms with van der Waals surface area (Å²) in [5, 5.41) is 2.93. The lowest BCUT2D eigenvalue weighted by molar-refractivity contribution is 0.322. The second-order valence-electron chi connectivity index (χ2n) is 4.03. The predicted octanol–water partition coefficient (Wildman–Crippen LogP) is 2.18. The lowest BCUT2D eigenvalue weighted by Gasteiger charge is -2.13. The van der Waals surface area contributed by atoms with Gasteiger partial charge in [-0.1, -0.05) is 18.5 Å². The van der Waals surface area contributed by atoms with Gasteiger partial charge in [-0.15, -0.1) is 11.3 Å². The van der Waals surface area contributed by atoms with Crippen LogP contribution in [-0.4, -0.2) is 24.0 Å². The van der Waals surface area contributed by atoms with Gasteiger partial charge in [0.2, 0.25) is 0 Å². The molecule has 0 radical (unpaired) electrons. The smallest absolute Gasteiger partial charge is 0.0558 e. The minimum absolute atomic E-state index is 0.328. The molecule has 2 N–H and O–H groups in total. The van der Waals surface area contributed by atoms with Gasteiger partial charge in [-0.3, -0.25) is 4.90 Å². The summed E-state index contributed by atoms with van der Waals surface area (Å²) < 4.78 is 0. The Labute approximate surface area is 93.7 Å². The van der Waals surface area contributed by atoms with E-state index in [0.29, 0.717) is 12.0 Å². The number of likely N-dealkylation sites (tertiary alicyclic amines) is 1. The van der Waals surface area contributed by atoms with Gasteiger partial charge in [0.25, 0.3) is 0 Å². The number of hydrogen-bond acceptors (Lipinski definition) is 3. The molecule has 0 amide bonds. The maximum absolute atomic E-state index is 6.04. The number of hydrogen-bond donors (Lipinski definition) is 1. The first-order valence-corrected chi connectivity index (χ1v) is 6.12. The fourth-order valence-electron chi connectivity index (χ4n) is 1.87. The largest absolute Gasteiger partial charge is 0.326 e. The Hall–Kier alpha value is -0.0900. The zero-order valence-electron chi connectivity index (χ0n) is 8.24. The molecule has 1 aromatic heterocycles. The first kappa shape index (κ1) is 10.4. The standard InChI is InChI=1S/C10H15ClN2S/c1-7-4-13(5-9(7)12)6-10-8(11)2-3-14-10/h2-3,7,9H,4-6,12H2,1H3. The molecule has 0 saturated carbocycles. The van der Waals surface area contributed by atoms with Gasteiger partial charge in [-0.25, -0.2) is 0 Å². The molecule has 4 heteroatoms. The van der Waals surface area contributed by atoms with Crippen LogP contribution in [0.25, 0.3) is 0 Å². The summed E-state index contributed by atoms with van der Waals surface area (Å²) in [7, 11) is 0. The van der Waals surface area contributed by atoms with Crippen LogP contribution in [0.3, 0.4) is 0 Å². The van der Waals surface area contributed by atoms with Gasteiger partial charge in [0.15, 0.2) is 0 Å². The third kappa shape index (κ3) is 2.11. The molecular weight excluding hydrogens is 216 g/mol. The predicted molar refractivity (Wildman–Crippen MR) is 61.7 cm³/mol. The molecular formula is C10H15ClN2S. The van der Waals surface area contributed by atoms with Crippen LogP contribution in [0.15, 0.2) is 11.4 Å². The summed E-state index contributed by atoms with van der Waals surface area (Å²) in [5.74, 6) is 0.605. The quantitative estimate of drug-likeness (QED) is 0.844. The van der Waals surface area contributed by atoms with Crippen LogP contribution in [0, 0.1) is 5.92 Å². The highest BCUT2D eigenvalue weighted by Gasteiger charge is 2.26. The fraction of sp³-hybridized carbons (Fsp3) is 0.600. The van der Waals surface area contributed by atoms with E-state index in [1.165, 1.54) is 4.88 Å². The molecule has 1 aliphatic heterocycles. The van der Waals surface area contributed by atoms with Crippen molar-refractivity contribution in [3.05, 3.63) is 21.3 Å². The molecule has 1 fully saturated rings. The third-order valence-electron chi connectivity index (χ3n) is 2.80. The molecule has 1 aliphatic rings. The zero-order chi connectivity index (χ0) is 10.1. The van der Waals surface area contributed by atoms with E-state index in [4.69, 9.17) is 17.3 Å². The van der Waals surface area contributed by atoms with Crippen LogP contribution in [0.4, 0.5) is 0 Å². The SMILES string of the molecule is CC1CN(Cc2sccc2Cl)CC1N. The van der Waals surface area contributed by atoms with Crippen LogP contribution in [0.5, 0.6) is 0 Å². The van der Waals surface area contributed by atoms with Gasteiger partial charge < -0.3 is 5.73 Å². The summed E-state index contributed by atoms with van der Waals surface area (Å²) in [4.78, 5) is 3.64. The molecule has 1 saturated heterocycles. The van der Waals surface area contributed by atoms with E-state index in [1.807, 2.05) is 11.4 Å². The minimum Gasteiger partial charge on any atom is -0.326 e. The fourth-order valence-corrected chi connectivity index (χ4v) is 3.00. The highest BCUT2D eigenvalue weighted by molar-refractivity contribution is 7.10. The minimum atomic E-state index is 0.328. The lowest BCUT2D eigenvalue weighted by Crippen LogP contribution is -2.28. The monoisotopic (exact) mass is 230 g/mol. The number of nitrogens with zero attached hydrogens (tertiary/aromatic N) is 1. The van der Waals surface area contributed by atoms with E-state index in [9.17, 15) is 0 Å². The molecule has 2 rings (SSSR count). The number of thiophene rings is 1. The molecule has 0 spiro atoms. The lowest BCUT2D eigenvalue weighted by atomic mass is 10.1. The van der Waals surface area contributed by atoms with Crippen molar-refractivity contribution in [3.8, 4) is 0 Å². The second-order valence-corrected chi connectivity index (χ2v) is 5.43. The number of nitrogens with two attached hydrogens (primary N) is 1. The van der Waals surface area contributed by atoms with Crippen LogP contribution >= 0.6 is 22.9 Å². The molecule has 0 bridgehead atoms. The molecule has 0 aliphatic carbocycles. The van der Waals surface area contributed by atoms with Gasteiger partial charge in [0, 0.05) is 30.6 Å². The van der Waals surface area contributed by atoms with E-state index < -0.39 is 0 Å². The highest BCUT2D eigenvalue weighted by Crippen LogP contribution is 2.25. The first-order chi connectivity index (χ1) is 6.66. The van der Waals surface area contributed by atoms with Crippen LogP contribution in [0.2, 0.25) is 5.02 Å². The van der Waals surface area contributed by atoms with Crippen LogP contribution in [-0.2, 0) is 6.54 Å². The van der Waals surface area contributed by atoms with E-state index in [0.717, 1.165) is 24.7 Å². The maximum Gasteiger partial charge on any atom is 0.0558 e. The number of rotatable bonds is 2. The van der Waals surface area contributed by atoms with Crippen LogP contribution < -0.4 is 5.73 Å². The van der Waals surface area contributed by atoms with Crippen LogP contribution in [0.1, 0.15) is 11.8 Å². The Morgan fingerprint density at radius 1 is 1.64 bits per heavy atom. The summed E-state index contributed by atoms with van der Waals surface area (Å²) in [6, 6.07) is 2.29. The van der Waals surface area contributed by atoms with Crippen molar-refractivity contribution in [2.24, 2.45) is 11.7 Å². The number of halogens is 1. The van der Waals surface area contributed by atoms with Crippen molar-refractivity contribution in [1.29, 1.82) is 0 Å². The molecule has 14 heavy (non-hydrogen) atoms. The summed E-state index contributed by atoms with van der Waals surface area (Å²) >= 11 is 7.77. The van der Waals surface area contributed by atoms with E-state index in [1.54, 1.807) is 11.3 Å². The molecule has 2 unspecified atom stereocenters. The highest BCUT2D eigenvalue weighted by atomic mass is 35.5. The van der Waals surface area contributed by atoms with Gasteiger partial charge in [-0.2, -0.15) is 0 Å². The summed E-state index contributed by atoms with van der Waals surface area (Å²) in [6.07, 6.45) is 0. The van der Waals surface area contributed by atoms with E-state index in [-0.39, 0.29) is 0 Å². The first-order valence-electron chi connectivity index (χ1n) is 4.86. The summed E-state index contributed by atoms with van der Waals surface area (Å²) in [5.41, 5.74) is 5.96.